The van der Waals surface area contributed by atoms with Gasteiger partial charge in [0, 0.05) is 27.7 Å². The van der Waals surface area contributed by atoms with Gasteiger partial charge in [0.2, 0.25) is 0 Å². The Morgan fingerprint density at radius 1 is 0.800 bits per heavy atom. The van der Waals surface area contributed by atoms with Crippen LogP contribution < -0.4 is 5.46 Å². The lowest BCUT2D eigenvalue weighted by Gasteiger charge is -2.44. The summed E-state index contributed by atoms with van der Waals surface area (Å²) in [6.07, 6.45) is -5.41. The quantitative estimate of drug-likeness (QED) is 0.365. The highest BCUT2D eigenvalue weighted by Gasteiger charge is 2.52. The fourth-order valence-electron chi connectivity index (χ4n) is 3.18. The van der Waals surface area contributed by atoms with E-state index in [0.717, 1.165) is 0 Å². The van der Waals surface area contributed by atoms with E-state index in [2.05, 4.69) is 0 Å². The van der Waals surface area contributed by atoms with Crippen molar-refractivity contribution in [3.63, 3.8) is 0 Å². The second kappa shape index (κ2) is 10.2. The molecule has 10 heteroatoms. The second-order valence-electron chi connectivity index (χ2n) is 6.79. The summed E-state index contributed by atoms with van der Waals surface area (Å²) < 4.78 is 27.2. The average molecular weight is 418 g/mol. The van der Waals surface area contributed by atoms with Crippen molar-refractivity contribution in [2.45, 2.75) is 58.2 Å². The minimum absolute atomic E-state index is 0.274. The molecule has 160 valence electrons. The Morgan fingerprint density at radius 2 is 1.30 bits per heavy atom. The van der Waals surface area contributed by atoms with Crippen molar-refractivity contribution >= 4 is 37.2 Å². The van der Waals surface area contributed by atoms with Gasteiger partial charge in [-0.05, 0) is 5.56 Å². The van der Waals surface area contributed by atoms with Gasteiger partial charge in [0.1, 0.15) is 26.7 Å². The first-order valence-corrected chi connectivity index (χ1v) is 9.24. The third-order valence-electron chi connectivity index (χ3n) is 4.26. The molecule has 0 amide bonds. The number of hydrogen-bond acceptors (Lipinski definition) is 9. The molecule has 9 nitrogen and oxygen atoms in total. The van der Waals surface area contributed by atoms with Gasteiger partial charge in [-0.1, -0.05) is 29.7 Å². The Hall–Kier alpha value is -2.88. The highest BCUT2D eigenvalue weighted by molar-refractivity contribution is 6.32. The molecule has 30 heavy (non-hydrogen) atoms. The number of carbonyl (C=O) groups excluding carboxylic acids is 4. The fraction of sp³-hybridized carbons (Fsp3) is 0.500. The van der Waals surface area contributed by atoms with Crippen molar-refractivity contribution in [1.82, 2.24) is 0 Å². The molecule has 1 heterocycles. The van der Waals surface area contributed by atoms with Crippen molar-refractivity contribution in [2.75, 3.05) is 6.61 Å². The van der Waals surface area contributed by atoms with Gasteiger partial charge in [-0.15, -0.1) is 0 Å². The zero-order valence-corrected chi connectivity index (χ0v) is 17.2. The molecule has 0 bridgehead atoms. The molecule has 2 rings (SSSR count). The zero-order chi connectivity index (χ0) is 22.4. The van der Waals surface area contributed by atoms with Crippen molar-refractivity contribution in [2.24, 2.45) is 0 Å². The van der Waals surface area contributed by atoms with Crippen molar-refractivity contribution < 1.29 is 42.9 Å². The van der Waals surface area contributed by atoms with Gasteiger partial charge in [0.25, 0.3) is 0 Å². The highest BCUT2D eigenvalue weighted by atomic mass is 16.7. The van der Waals surface area contributed by atoms with Crippen LogP contribution in [0.25, 0.3) is 0 Å². The zero-order valence-electron chi connectivity index (χ0n) is 17.2. The molecule has 1 aromatic carbocycles. The standard InChI is InChI=1S/C20H23BO9/c1-10(22)26-9-16-18(27-11(2)23)20(29-13(4)25)19(28-12(3)24)17(30-16)14-5-7-15(21)8-6-14/h5-8,16-20H,9H2,1-4H3/t16?,17-,18+,19?,20?/m0/s1. The summed E-state index contributed by atoms with van der Waals surface area (Å²) in [6, 6.07) is 6.58. The predicted octanol–water partition coefficient (Wildman–Crippen LogP) is 0.279. The third kappa shape index (κ3) is 6.31. The molecule has 1 aliphatic heterocycles. The van der Waals surface area contributed by atoms with E-state index in [0.29, 0.717) is 11.0 Å². The van der Waals surface area contributed by atoms with E-state index in [9.17, 15) is 19.2 Å². The van der Waals surface area contributed by atoms with Crippen molar-refractivity contribution in [1.29, 1.82) is 0 Å². The van der Waals surface area contributed by atoms with Crippen LogP contribution in [-0.2, 0) is 42.9 Å². The normalized spacial score (nSPS) is 25.7. The van der Waals surface area contributed by atoms with Crippen molar-refractivity contribution in [3.05, 3.63) is 29.8 Å². The first kappa shape index (κ1) is 23.4. The fourth-order valence-corrected chi connectivity index (χ4v) is 3.18. The number of benzene rings is 1. The van der Waals surface area contributed by atoms with E-state index in [4.69, 9.17) is 31.5 Å². The Labute approximate surface area is 175 Å². The predicted molar refractivity (Wildman–Crippen MR) is 103 cm³/mol. The lowest BCUT2D eigenvalue weighted by atomic mass is 9.88. The molecule has 0 aliphatic carbocycles. The molecule has 0 aromatic heterocycles. The number of rotatable bonds is 6. The van der Waals surface area contributed by atoms with Crippen LogP contribution in [0, 0.1) is 0 Å². The summed E-state index contributed by atoms with van der Waals surface area (Å²) in [5.41, 5.74) is 1.08. The Morgan fingerprint density at radius 3 is 1.80 bits per heavy atom. The third-order valence-corrected chi connectivity index (χ3v) is 4.26. The molecule has 1 aliphatic rings. The minimum Gasteiger partial charge on any atom is -0.463 e. The number of ether oxygens (including phenoxy) is 5. The van der Waals surface area contributed by atoms with E-state index >= 15 is 0 Å². The van der Waals surface area contributed by atoms with Crippen LogP contribution in [0.4, 0.5) is 0 Å². The maximum Gasteiger partial charge on any atom is 0.303 e. The van der Waals surface area contributed by atoms with E-state index in [1.165, 1.54) is 27.7 Å². The number of esters is 4. The summed E-state index contributed by atoms with van der Waals surface area (Å²) in [4.78, 5) is 46.6. The summed E-state index contributed by atoms with van der Waals surface area (Å²) in [5.74, 6) is -2.59. The second-order valence-corrected chi connectivity index (χ2v) is 6.79. The highest BCUT2D eigenvalue weighted by Crippen LogP contribution is 2.37. The minimum atomic E-state index is -1.20. The summed E-state index contributed by atoms with van der Waals surface area (Å²) in [5, 5.41) is 0. The monoisotopic (exact) mass is 418 g/mol. The molecule has 2 radical (unpaired) electrons. The maximum absolute atomic E-state index is 11.8. The van der Waals surface area contributed by atoms with E-state index in [1.54, 1.807) is 24.3 Å². The largest absolute Gasteiger partial charge is 0.463 e. The van der Waals surface area contributed by atoms with Gasteiger partial charge in [-0.2, -0.15) is 0 Å². The van der Waals surface area contributed by atoms with Gasteiger partial charge in [-0.3, -0.25) is 19.2 Å². The molecule has 1 fully saturated rings. The number of carbonyl (C=O) groups is 4. The Bertz CT molecular complexity index is 792. The molecule has 0 saturated carbocycles. The first-order valence-electron chi connectivity index (χ1n) is 9.24. The van der Waals surface area contributed by atoms with Crippen LogP contribution in [0.1, 0.15) is 39.4 Å². The van der Waals surface area contributed by atoms with Gasteiger partial charge in [0.15, 0.2) is 18.3 Å². The molecular formula is C20H23BO9. The van der Waals surface area contributed by atoms with Crippen LogP contribution in [-0.4, -0.2) is 62.7 Å². The van der Waals surface area contributed by atoms with Crippen LogP contribution >= 0.6 is 0 Å². The summed E-state index contributed by atoms with van der Waals surface area (Å²) >= 11 is 0. The van der Waals surface area contributed by atoms with Gasteiger partial charge >= 0.3 is 23.9 Å². The smallest absolute Gasteiger partial charge is 0.303 e. The van der Waals surface area contributed by atoms with Crippen LogP contribution in [0.5, 0.6) is 0 Å². The summed E-state index contributed by atoms with van der Waals surface area (Å²) in [6.45, 7) is 4.47. The number of hydrogen-bond donors (Lipinski definition) is 0. The van der Waals surface area contributed by atoms with Crippen LogP contribution in [0.15, 0.2) is 24.3 Å². The lowest BCUT2D eigenvalue weighted by Crippen LogP contribution is -2.59. The van der Waals surface area contributed by atoms with Gasteiger partial charge < -0.3 is 23.7 Å². The molecule has 1 aromatic rings. The van der Waals surface area contributed by atoms with Crippen LogP contribution in [0.2, 0.25) is 0 Å². The first-order chi connectivity index (χ1) is 14.1. The van der Waals surface area contributed by atoms with E-state index in [-0.39, 0.29) is 6.61 Å². The molecule has 5 atom stereocenters. The Balaban J connectivity index is 2.51. The molecule has 0 N–H and O–H groups in total. The molecule has 0 spiro atoms. The molecule has 3 unspecified atom stereocenters. The van der Waals surface area contributed by atoms with E-state index in [1.807, 2.05) is 0 Å². The SMILES string of the molecule is [B]c1ccc([C@@H]2OC(COC(C)=O)[C@@H](OC(C)=O)C(OC(C)=O)C2OC(C)=O)cc1. The van der Waals surface area contributed by atoms with Gasteiger partial charge in [-0.25, -0.2) is 0 Å². The summed E-state index contributed by atoms with van der Waals surface area (Å²) in [7, 11) is 5.74. The molecule has 1 saturated heterocycles. The Kier molecular flexibility index (Phi) is 7.99. The lowest BCUT2D eigenvalue weighted by molar-refractivity contribution is -0.254. The maximum atomic E-state index is 11.8. The van der Waals surface area contributed by atoms with E-state index < -0.39 is 54.4 Å². The topological polar surface area (TPSA) is 114 Å². The van der Waals surface area contributed by atoms with Crippen molar-refractivity contribution in [3.8, 4) is 0 Å². The van der Waals surface area contributed by atoms with Crippen LogP contribution in [0.3, 0.4) is 0 Å². The van der Waals surface area contributed by atoms with Gasteiger partial charge in [0.05, 0.1) is 0 Å². The molecular weight excluding hydrogens is 395 g/mol. The average Bonchev–Trinajstić information content (AvgIpc) is 2.63.